The molecule has 0 saturated carbocycles. The predicted molar refractivity (Wildman–Crippen MR) is 107 cm³/mol. The summed E-state index contributed by atoms with van der Waals surface area (Å²) in [6, 6.07) is 13.5. The van der Waals surface area contributed by atoms with E-state index in [1.165, 1.54) is 18.4 Å². The van der Waals surface area contributed by atoms with E-state index in [0.717, 1.165) is 42.9 Å². The molecule has 0 bridgehead atoms. The number of piperidine rings is 1. The van der Waals surface area contributed by atoms with Crippen molar-refractivity contribution in [2.45, 2.75) is 25.3 Å². The maximum Gasteiger partial charge on any atom is 0.142 e. The molecule has 2 unspecified atom stereocenters. The summed E-state index contributed by atoms with van der Waals surface area (Å²) < 4.78 is 0. The maximum atomic E-state index is 4.56. The van der Waals surface area contributed by atoms with E-state index in [4.69, 9.17) is 0 Å². The first-order valence-corrected chi connectivity index (χ1v) is 9.94. The van der Waals surface area contributed by atoms with Gasteiger partial charge in [0.1, 0.15) is 17.8 Å². The molecule has 4 heterocycles. The number of aromatic nitrogens is 3. The highest BCUT2D eigenvalue weighted by Gasteiger charge is 2.35. The fraction of sp³-hybridized carbons (Fsp3) is 0.429. The maximum absolute atomic E-state index is 4.56. The average Bonchev–Trinajstić information content (AvgIpc) is 3.38. The lowest BCUT2D eigenvalue weighted by Crippen LogP contribution is -2.45. The van der Waals surface area contributed by atoms with Crippen molar-refractivity contribution in [2.75, 3.05) is 24.5 Å². The van der Waals surface area contributed by atoms with Crippen LogP contribution in [-0.2, 0) is 6.42 Å². The monoisotopic (exact) mass is 362 g/mol. The molecule has 0 amide bonds. The predicted octanol–water partition coefficient (Wildman–Crippen LogP) is 2.51. The molecule has 2 aromatic heterocycles. The quantitative estimate of drug-likeness (QED) is 0.665. The van der Waals surface area contributed by atoms with Crippen LogP contribution in [0.1, 0.15) is 18.4 Å². The number of aromatic amines is 1. The van der Waals surface area contributed by atoms with Crippen LogP contribution >= 0.6 is 0 Å². The van der Waals surface area contributed by atoms with Gasteiger partial charge in [-0.05, 0) is 42.7 Å². The summed E-state index contributed by atoms with van der Waals surface area (Å²) in [5.74, 6) is 2.42. The lowest BCUT2D eigenvalue weighted by molar-refractivity contribution is 0.267. The fourth-order valence-corrected chi connectivity index (χ4v) is 4.75. The van der Waals surface area contributed by atoms with Gasteiger partial charge < -0.3 is 9.88 Å². The van der Waals surface area contributed by atoms with Crippen molar-refractivity contribution in [3.05, 3.63) is 54.5 Å². The van der Waals surface area contributed by atoms with Gasteiger partial charge >= 0.3 is 0 Å². The van der Waals surface area contributed by atoms with Crippen LogP contribution in [0.4, 0.5) is 5.82 Å². The van der Waals surface area contributed by atoms with Crippen LogP contribution in [0.2, 0.25) is 0 Å². The Bertz CT molecular complexity index is 884. The number of nitrogens with zero attached hydrogens (tertiary/aromatic N) is 3. The van der Waals surface area contributed by atoms with Crippen molar-refractivity contribution in [2.24, 2.45) is 11.8 Å². The Labute approximate surface area is 159 Å². The van der Waals surface area contributed by atoms with Crippen molar-refractivity contribution < 1.29 is 0 Å². The standard InChI is InChI=1S/C21H26N6/c1-2-4-15(5-3-1)12-17-13-25-26-19(17)16-7-10-27(11-8-16)21-18-6-9-22-20(18)23-14-24-21/h1-6,9,14,16-17,19,25-26H,7-8,10-13H2,(H,22,23,24). The summed E-state index contributed by atoms with van der Waals surface area (Å²) in [5, 5.41) is 1.12. The van der Waals surface area contributed by atoms with E-state index < -0.39 is 0 Å². The van der Waals surface area contributed by atoms with Crippen molar-refractivity contribution in [3.8, 4) is 0 Å². The van der Waals surface area contributed by atoms with Gasteiger partial charge in [0, 0.05) is 31.9 Å². The molecule has 27 heavy (non-hydrogen) atoms. The van der Waals surface area contributed by atoms with Crippen molar-refractivity contribution in [3.63, 3.8) is 0 Å². The summed E-state index contributed by atoms with van der Waals surface area (Å²) in [6.45, 7) is 3.16. The number of hydrazine groups is 1. The first-order chi connectivity index (χ1) is 13.4. The van der Waals surface area contributed by atoms with Gasteiger partial charge in [-0.15, -0.1) is 0 Å². The van der Waals surface area contributed by atoms with Gasteiger partial charge in [-0.2, -0.15) is 0 Å². The lowest BCUT2D eigenvalue weighted by atomic mass is 9.81. The molecular formula is C21H26N6. The highest BCUT2D eigenvalue weighted by molar-refractivity contribution is 5.87. The zero-order valence-corrected chi connectivity index (χ0v) is 15.4. The first kappa shape index (κ1) is 16.7. The fourth-order valence-electron chi connectivity index (χ4n) is 4.75. The van der Waals surface area contributed by atoms with Crippen LogP contribution in [0.5, 0.6) is 0 Å². The Hall–Kier alpha value is -2.44. The lowest BCUT2D eigenvalue weighted by Gasteiger charge is -2.37. The Morgan fingerprint density at radius 1 is 1.04 bits per heavy atom. The first-order valence-electron chi connectivity index (χ1n) is 9.94. The van der Waals surface area contributed by atoms with Gasteiger partial charge in [-0.1, -0.05) is 30.3 Å². The van der Waals surface area contributed by atoms with E-state index in [-0.39, 0.29) is 0 Å². The van der Waals surface area contributed by atoms with Crippen molar-refractivity contribution in [1.82, 2.24) is 25.8 Å². The largest absolute Gasteiger partial charge is 0.356 e. The number of rotatable bonds is 4. The Morgan fingerprint density at radius 3 is 2.74 bits per heavy atom. The van der Waals surface area contributed by atoms with Crippen LogP contribution in [-0.4, -0.2) is 40.6 Å². The molecule has 0 aliphatic carbocycles. The normalized spacial score (nSPS) is 23.9. The molecule has 0 spiro atoms. The number of nitrogens with one attached hydrogen (secondary N) is 3. The van der Waals surface area contributed by atoms with E-state index in [0.29, 0.717) is 17.9 Å². The Morgan fingerprint density at radius 2 is 1.89 bits per heavy atom. The smallest absolute Gasteiger partial charge is 0.142 e. The number of H-pyrrole nitrogens is 1. The molecule has 2 atom stereocenters. The zero-order chi connectivity index (χ0) is 18.1. The summed E-state index contributed by atoms with van der Waals surface area (Å²) in [5.41, 5.74) is 9.35. The molecule has 140 valence electrons. The molecular weight excluding hydrogens is 336 g/mol. The van der Waals surface area contributed by atoms with Gasteiger partial charge in [0.25, 0.3) is 0 Å². The molecule has 6 heteroatoms. The average molecular weight is 362 g/mol. The van der Waals surface area contributed by atoms with Gasteiger partial charge in [0.2, 0.25) is 0 Å². The third-order valence-electron chi connectivity index (χ3n) is 6.16. The Kier molecular flexibility index (Phi) is 4.51. The summed E-state index contributed by atoms with van der Waals surface area (Å²) in [6.07, 6.45) is 7.14. The second-order valence-electron chi connectivity index (χ2n) is 7.76. The highest BCUT2D eigenvalue weighted by atomic mass is 15.4. The van der Waals surface area contributed by atoms with E-state index in [9.17, 15) is 0 Å². The number of anilines is 1. The molecule has 2 fully saturated rings. The van der Waals surface area contributed by atoms with E-state index in [1.54, 1.807) is 6.33 Å². The van der Waals surface area contributed by atoms with Crippen LogP contribution in [0, 0.1) is 11.8 Å². The molecule has 0 radical (unpaired) electrons. The van der Waals surface area contributed by atoms with Crippen molar-refractivity contribution >= 4 is 16.9 Å². The minimum Gasteiger partial charge on any atom is -0.356 e. The van der Waals surface area contributed by atoms with Crippen LogP contribution in [0.15, 0.2) is 48.9 Å². The van der Waals surface area contributed by atoms with Crippen LogP contribution < -0.4 is 15.8 Å². The third-order valence-corrected chi connectivity index (χ3v) is 6.16. The molecule has 6 nitrogen and oxygen atoms in total. The van der Waals surface area contributed by atoms with Gasteiger partial charge in [0.05, 0.1) is 5.39 Å². The third kappa shape index (κ3) is 3.31. The minimum atomic E-state index is 0.546. The number of benzene rings is 1. The molecule has 2 saturated heterocycles. The van der Waals surface area contributed by atoms with E-state index in [2.05, 4.69) is 67.1 Å². The number of hydrogen-bond acceptors (Lipinski definition) is 5. The molecule has 5 rings (SSSR count). The second-order valence-corrected chi connectivity index (χ2v) is 7.76. The zero-order valence-electron chi connectivity index (χ0n) is 15.4. The van der Waals surface area contributed by atoms with Crippen LogP contribution in [0.3, 0.4) is 0 Å². The molecule has 1 aromatic carbocycles. The van der Waals surface area contributed by atoms with E-state index >= 15 is 0 Å². The summed E-state index contributed by atoms with van der Waals surface area (Å²) in [4.78, 5) is 14.5. The Balaban J connectivity index is 1.25. The molecule has 3 aromatic rings. The van der Waals surface area contributed by atoms with Gasteiger partial charge in [-0.3, -0.25) is 10.9 Å². The molecule has 3 N–H and O–H groups in total. The van der Waals surface area contributed by atoms with Crippen molar-refractivity contribution in [1.29, 1.82) is 0 Å². The summed E-state index contributed by atoms with van der Waals surface area (Å²) >= 11 is 0. The number of hydrogen-bond donors (Lipinski definition) is 3. The minimum absolute atomic E-state index is 0.546. The SMILES string of the molecule is c1ccc(CC2CNNC2C2CCN(c3ncnc4[nH]ccc34)CC2)cc1. The van der Waals surface area contributed by atoms with Crippen LogP contribution in [0.25, 0.3) is 11.0 Å². The van der Waals surface area contributed by atoms with Gasteiger partial charge in [0.15, 0.2) is 0 Å². The topological polar surface area (TPSA) is 68.9 Å². The second kappa shape index (κ2) is 7.29. The molecule has 2 aliphatic heterocycles. The van der Waals surface area contributed by atoms with E-state index in [1.807, 2.05) is 6.20 Å². The molecule has 2 aliphatic rings. The number of fused-ring (bicyclic) bond motifs is 1. The van der Waals surface area contributed by atoms with Gasteiger partial charge in [-0.25, -0.2) is 9.97 Å². The summed E-state index contributed by atoms with van der Waals surface area (Å²) in [7, 11) is 0. The highest BCUT2D eigenvalue weighted by Crippen LogP contribution is 2.31.